The fourth-order valence-electron chi connectivity index (χ4n) is 2.98. The molecule has 7 nitrogen and oxygen atoms in total. The Morgan fingerprint density at radius 3 is 2.57 bits per heavy atom. The minimum absolute atomic E-state index is 0.338. The van der Waals surface area contributed by atoms with Crippen LogP contribution in [0, 0.1) is 0 Å². The Bertz CT molecular complexity index is 545. The first-order chi connectivity index (χ1) is 13.8. The normalized spacial score (nSPS) is 15.0. The Morgan fingerprint density at radius 1 is 1.11 bits per heavy atom. The highest BCUT2D eigenvalue weighted by atomic mass is 16.5. The first kappa shape index (κ1) is 22.4. The summed E-state index contributed by atoms with van der Waals surface area (Å²) in [5, 5.41) is 6.52. The van der Waals surface area contributed by atoms with Crippen LogP contribution in [0.15, 0.2) is 23.3 Å². The van der Waals surface area contributed by atoms with Crippen molar-refractivity contribution in [2.45, 2.75) is 58.1 Å². The van der Waals surface area contributed by atoms with E-state index in [1.165, 1.54) is 12.8 Å². The number of hydrogen-bond donors (Lipinski definition) is 2. The standard InChI is InChI=1S/C21H36N4O3/c1-3-4-12-26-14-15-27-13-11-23-21(22-2)25-17-18-9-10-20(24-16-18)28-19-7-5-6-8-19/h9-10,16,19H,3-8,11-15,17H2,1-2H3,(H2,22,23,25). The van der Waals surface area contributed by atoms with Gasteiger partial charge in [0.15, 0.2) is 5.96 Å². The zero-order chi connectivity index (χ0) is 19.9. The van der Waals surface area contributed by atoms with Crippen molar-refractivity contribution in [2.75, 3.05) is 40.0 Å². The predicted molar refractivity (Wildman–Crippen MR) is 112 cm³/mol. The van der Waals surface area contributed by atoms with Gasteiger partial charge in [-0.25, -0.2) is 4.98 Å². The van der Waals surface area contributed by atoms with Gasteiger partial charge >= 0.3 is 0 Å². The van der Waals surface area contributed by atoms with E-state index in [9.17, 15) is 0 Å². The lowest BCUT2D eigenvalue weighted by Crippen LogP contribution is -2.38. The predicted octanol–water partition coefficient (Wildman–Crippen LogP) is 2.90. The summed E-state index contributed by atoms with van der Waals surface area (Å²) in [7, 11) is 1.76. The number of aliphatic imine (C=N–C) groups is 1. The molecule has 0 aromatic carbocycles. The molecule has 1 aromatic rings. The van der Waals surface area contributed by atoms with Crippen LogP contribution < -0.4 is 15.4 Å². The van der Waals surface area contributed by atoms with Crippen molar-refractivity contribution in [1.29, 1.82) is 0 Å². The molecule has 0 radical (unpaired) electrons. The fourth-order valence-corrected chi connectivity index (χ4v) is 2.98. The van der Waals surface area contributed by atoms with E-state index in [-0.39, 0.29) is 0 Å². The van der Waals surface area contributed by atoms with Gasteiger partial charge in [-0.05, 0) is 37.7 Å². The van der Waals surface area contributed by atoms with Gasteiger partial charge in [0.25, 0.3) is 0 Å². The van der Waals surface area contributed by atoms with E-state index in [0.717, 1.165) is 43.8 Å². The van der Waals surface area contributed by atoms with Gasteiger partial charge in [-0.1, -0.05) is 19.4 Å². The minimum Gasteiger partial charge on any atom is -0.474 e. The maximum absolute atomic E-state index is 5.90. The molecule has 0 saturated heterocycles. The number of nitrogens with one attached hydrogen (secondary N) is 2. The Labute approximate surface area is 169 Å². The number of nitrogens with zero attached hydrogens (tertiary/aromatic N) is 2. The Balaban J connectivity index is 1.55. The quantitative estimate of drug-likeness (QED) is 0.305. The van der Waals surface area contributed by atoms with Crippen molar-refractivity contribution < 1.29 is 14.2 Å². The number of ether oxygens (including phenoxy) is 3. The van der Waals surface area contributed by atoms with Gasteiger partial charge in [0.2, 0.25) is 5.88 Å². The summed E-state index contributed by atoms with van der Waals surface area (Å²) in [5.41, 5.74) is 1.09. The molecule has 0 bridgehead atoms. The SMILES string of the molecule is CCCCOCCOCCNC(=NC)NCc1ccc(OC2CCCC2)nc1. The molecule has 7 heteroatoms. The molecule has 28 heavy (non-hydrogen) atoms. The second kappa shape index (κ2) is 14.2. The second-order valence-electron chi connectivity index (χ2n) is 6.96. The molecule has 158 valence electrons. The minimum atomic E-state index is 0.338. The van der Waals surface area contributed by atoms with Crippen LogP contribution in [0.1, 0.15) is 51.0 Å². The van der Waals surface area contributed by atoms with E-state index in [0.29, 0.717) is 44.9 Å². The number of unbranched alkanes of at least 4 members (excludes halogenated alkanes) is 1. The third-order valence-corrected chi connectivity index (χ3v) is 4.62. The molecular formula is C21H36N4O3. The monoisotopic (exact) mass is 392 g/mol. The smallest absolute Gasteiger partial charge is 0.213 e. The second-order valence-corrected chi connectivity index (χ2v) is 6.96. The average Bonchev–Trinajstić information content (AvgIpc) is 3.23. The van der Waals surface area contributed by atoms with Crippen molar-refractivity contribution in [1.82, 2.24) is 15.6 Å². The van der Waals surface area contributed by atoms with Gasteiger partial charge in [0.1, 0.15) is 6.10 Å². The van der Waals surface area contributed by atoms with Gasteiger partial charge in [0.05, 0.1) is 19.8 Å². The topological polar surface area (TPSA) is 77.0 Å². The van der Waals surface area contributed by atoms with E-state index < -0.39 is 0 Å². The Hall–Kier alpha value is -1.86. The Morgan fingerprint density at radius 2 is 1.89 bits per heavy atom. The van der Waals surface area contributed by atoms with E-state index in [1.807, 2.05) is 18.3 Å². The van der Waals surface area contributed by atoms with Gasteiger partial charge in [-0.2, -0.15) is 0 Å². The van der Waals surface area contributed by atoms with Crippen LogP contribution in [0.25, 0.3) is 0 Å². The number of rotatable bonds is 13. The van der Waals surface area contributed by atoms with E-state index in [2.05, 4.69) is 27.5 Å². The molecule has 0 spiro atoms. The number of guanidine groups is 1. The van der Waals surface area contributed by atoms with Crippen molar-refractivity contribution in [3.05, 3.63) is 23.9 Å². The first-order valence-electron chi connectivity index (χ1n) is 10.5. The third kappa shape index (κ3) is 9.37. The van der Waals surface area contributed by atoms with Gasteiger partial charge in [0, 0.05) is 39.0 Å². The van der Waals surface area contributed by atoms with Crippen molar-refractivity contribution >= 4 is 5.96 Å². The van der Waals surface area contributed by atoms with Crippen molar-refractivity contribution in [3.63, 3.8) is 0 Å². The van der Waals surface area contributed by atoms with Crippen LogP contribution >= 0.6 is 0 Å². The maximum Gasteiger partial charge on any atom is 0.213 e. The van der Waals surface area contributed by atoms with Crippen LogP contribution in [0.3, 0.4) is 0 Å². The maximum atomic E-state index is 5.90. The first-order valence-corrected chi connectivity index (χ1v) is 10.5. The van der Waals surface area contributed by atoms with Crippen molar-refractivity contribution in [2.24, 2.45) is 4.99 Å². The lowest BCUT2D eigenvalue weighted by atomic mass is 10.3. The summed E-state index contributed by atoms with van der Waals surface area (Å²) >= 11 is 0. The van der Waals surface area contributed by atoms with E-state index >= 15 is 0 Å². The van der Waals surface area contributed by atoms with Gasteiger partial charge in [-0.3, -0.25) is 4.99 Å². The molecule has 0 unspecified atom stereocenters. The Kier molecular flexibility index (Phi) is 11.4. The third-order valence-electron chi connectivity index (χ3n) is 4.62. The highest BCUT2D eigenvalue weighted by Crippen LogP contribution is 2.22. The van der Waals surface area contributed by atoms with E-state index in [1.54, 1.807) is 7.05 Å². The molecule has 1 fully saturated rings. The van der Waals surface area contributed by atoms with Crippen LogP contribution in [0.5, 0.6) is 5.88 Å². The number of hydrogen-bond acceptors (Lipinski definition) is 5. The molecule has 1 aromatic heterocycles. The summed E-state index contributed by atoms with van der Waals surface area (Å²) in [6.45, 7) is 6.22. The summed E-state index contributed by atoms with van der Waals surface area (Å²) in [6.07, 6.45) is 9.26. The molecule has 0 aliphatic heterocycles. The van der Waals surface area contributed by atoms with Crippen LogP contribution in [-0.4, -0.2) is 57.1 Å². The largest absolute Gasteiger partial charge is 0.474 e. The molecule has 1 aliphatic rings. The molecule has 2 N–H and O–H groups in total. The lowest BCUT2D eigenvalue weighted by Gasteiger charge is -2.13. The molecule has 0 amide bonds. The van der Waals surface area contributed by atoms with Crippen LogP contribution in [0.2, 0.25) is 0 Å². The molecular weight excluding hydrogens is 356 g/mol. The molecule has 1 heterocycles. The summed E-state index contributed by atoms with van der Waals surface area (Å²) < 4.78 is 16.9. The van der Waals surface area contributed by atoms with Crippen LogP contribution in [-0.2, 0) is 16.0 Å². The lowest BCUT2D eigenvalue weighted by molar-refractivity contribution is 0.0487. The fraction of sp³-hybridized carbons (Fsp3) is 0.714. The molecule has 2 rings (SSSR count). The summed E-state index contributed by atoms with van der Waals surface area (Å²) in [6, 6.07) is 3.99. The molecule has 1 saturated carbocycles. The van der Waals surface area contributed by atoms with Gasteiger partial charge in [-0.15, -0.1) is 0 Å². The zero-order valence-electron chi connectivity index (χ0n) is 17.4. The molecule has 1 aliphatic carbocycles. The number of pyridine rings is 1. The average molecular weight is 393 g/mol. The van der Waals surface area contributed by atoms with Gasteiger partial charge < -0.3 is 24.8 Å². The molecule has 0 atom stereocenters. The summed E-state index contributed by atoms with van der Waals surface area (Å²) in [4.78, 5) is 8.64. The zero-order valence-corrected chi connectivity index (χ0v) is 17.4. The number of aromatic nitrogens is 1. The van der Waals surface area contributed by atoms with Crippen molar-refractivity contribution in [3.8, 4) is 5.88 Å². The highest BCUT2D eigenvalue weighted by molar-refractivity contribution is 5.79. The van der Waals surface area contributed by atoms with Crippen LogP contribution in [0.4, 0.5) is 0 Å². The summed E-state index contributed by atoms with van der Waals surface area (Å²) in [5.74, 6) is 1.46. The highest BCUT2D eigenvalue weighted by Gasteiger charge is 2.16. The van der Waals surface area contributed by atoms with E-state index in [4.69, 9.17) is 14.2 Å².